The summed E-state index contributed by atoms with van der Waals surface area (Å²) in [5, 5.41) is 3.49. The van der Waals surface area contributed by atoms with Crippen LogP contribution in [0.2, 0.25) is 0 Å². The van der Waals surface area contributed by atoms with Gasteiger partial charge in [0.15, 0.2) is 0 Å². The number of anilines is 1. The van der Waals surface area contributed by atoms with E-state index in [4.69, 9.17) is 0 Å². The van der Waals surface area contributed by atoms with Crippen LogP contribution in [-0.2, 0) is 0 Å². The molecule has 0 aliphatic rings. The number of halogens is 2. The van der Waals surface area contributed by atoms with Gasteiger partial charge in [-0.1, -0.05) is 20.8 Å². The third-order valence-corrected chi connectivity index (χ3v) is 3.28. The fourth-order valence-electron chi connectivity index (χ4n) is 2.20. The highest BCUT2D eigenvalue weighted by molar-refractivity contribution is 9.11. The van der Waals surface area contributed by atoms with Crippen LogP contribution in [0.3, 0.4) is 0 Å². The van der Waals surface area contributed by atoms with Crippen LogP contribution in [0, 0.1) is 5.41 Å². The van der Waals surface area contributed by atoms with Crippen LogP contribution < -0.4 is 5.32 Å². The Hall–Kier alpha value is -0.0900. The first-order valence-corrected chi connectivity index (χ1v) is 7.27. The minimum Gasteiger partial charge on any atom is -0.364 e. The van der Waals surface area contributed by atoms with E-state index in [1.165, 1.54) is 0 Å². The summed E-state index contributed by atoms with van der Waals surface area (Å²) in [6.07, 6.45) is 2.88. The van der Waals surface area contributed by atoms with Crippen molar-refractivity contribution >= 4 is 37.7 Å². The summed E-state index contributed by atoms with van der Waals surface area (Å²) in [5.74, 6) is 0.891. The highest BCUT2D eigenvalue weighted by Gasteiger charge is 2.26. The molecular weight excluding hydrogens is 344 g/mol. The fourth-order valence-corrected chi connectivity index (χ4v) is 3.28. The summed E-state index contributed by atoms with van der Waals surface area (Å²) in [7, 11) is 0. The van der Waals surface area contributed by atoms with Crippen LogP contribution in [0.1, 0.15) is 41.0 Å². The van der Waals surface area contributed by atoms with Crippen molar-refractivity contribution in [2.45, 2.75) is 46.6 Å². The lowest BCUT2D eigenvalue weighted by atomic mass is 9.82. The van der Waals surface area contributed by atoms with E-state index in [0.29, 0.717) is 5.41 Å². The van der Waals surface area contributed by atoms with Crippen molar-refractivity contribution in [3.8, 4) is 0 Å². The molecule has 2 nitrogen and oxygen atoms in total. The van der Waals surface area contributed by atoms with Gasteiger partial charge in [0.1, 0.15) is 5.82 Å². The maximum Gasteiger partial charge on any atom is 0.140 e. The van der Waals surface area contributed by atoms with Gasteiger partial charge in [-0.2, -0.15) is 0 Å². The van der Waals surface area contributed by atoms with Crippen LogP contribution in [-0.4, -0.2) is 10.5 Å². The van der Waals surface area contributed by atoms with E-state index in [1.54, 1.807) is 6.20 Å². The molecule has 0 fully saturated rings. The summed E-state index contributed by atoms with van der Waals surface area (Å²) in [4.78, 5) is 4.39. The van der Waals surface area contributed by atoms with Crippen LogP contribution in [0.15, 0.2) is 21.2 Å². The molecule has 0 saturated carbocycles. The van der Waals surface area contributed by atoms with Crippen LogP contribution in [0.5, 0.6) is 0 Å². The van der Waals surface area contributed by atoms with Crippen molar-refractivity contribution in [2.24, 2.45) is 5.41 Å². The largest absolute Gasteiger partial charge is 0.364 e. The topological polar surface area (TPSA) is 24.9 Å². The SMILES string of the molecule is CC(C)(C)CC(C)(C)Nc1ncc(Br)cc1Br. The molecule has 0 aromatic carbocycles. The Labute approximate surface area is 121 Å². The molecule has 96 valence electrons. The summed E-state index contributed by atoms with van der Waals surface area (Å²) in [6.45, 7) is 11.2. The average Bonchev–Trinajstić information content (AvgIpc) is 2.05. The zero-order valence-electron chi connectivity index (χ0n) is 11.1. The van der Waals surface area contributed by atoms with Crippen molar-refractivity contribution in [3.63, 3.8) is 0 Å². The van der Waals surface area contributed by atoms with Crippen LogP contribution in [0.4, 0.5) is 5.82 Å². The standard InChI is InChI=1S/C13H20Br2N2/c1-12(2,3)8-13(4,5)17-11-10(15)6-9(14)7-16-11/h6-7H,8H2,1-5H3,(H,16,17). The van der Waals surface area contributed by atoms with Crippen molar-refractivity contribution in [1.29, 1.82) is 0 Å². The molecule has 17 heavy (non-hydrogen) atoms. The molecule has 0 spiro atoms. The second-order valence-corrected chi connectivity index (χ2v) is 8.00. The molecule has 0 saturated heterocycles. The molecule has 1 N–H and O–H groups in total. The van der Waals surface area contributed by atoms with Crippen molar-refractivity contribution in [1.82, 2.24) is 4.98 Å². The molecule has 0 radical (unpaired) electrons. The van der Waals surface area contributed by atoms with Crippen LogP contribution >= 0.6 is 31.9 Å². The third-order valence-electron chi connectivity index (χ3n) is 2.24. The monoisotopic (exact) mass is 362 g/mol. The minimum atomic E-state index is 0.0155. The van der Waals surface area contributed by atoms with E-state index >= 15 is 0 Å². The van der Waals surface area contributed by atoms with Crippen molar-refractivity contribution in [2.75, 3.05) is 5.32 Å². The molecule has 1 heterocycles. The molecule has 0 aliphatic heterocycles. The van der Waals surface area contributed by atoms with Gasteiger partial charge in [-0.05, 0) is 63.6 Å². The maximum absolute atomic E-state index is 4.39. The van der Waals surface area contributed by atoms with Crippen LogP contribution in [0.25, 0.3) is 0 Å². The van der Waals surface area contributed by atoms with E-state index < -0.39 is 0 Å². The number of nitrogens with one attached hydrogen (secondary N) is 1. The van der Waals surface area contributed by atoms with E-state index in [1.807, 2.05) is 6.07 Å². The number of hydrogen-bond acceptors (Lipinski definition) is 2. The normalized spacial score (nSPS) is 12.6. The Bertz CT molecular complexity index is 395. The predicted octanol–water partition coefficient (Wildman–Crippen LogP) is 5.23. The molecule has 1 rings (SSSR count). The number of nitrogens with zero attached hydrogens (tertiary/aromatic N) is 1. The van der Waals surface area contributed by atoms with Gasteiger partial charge in [0.2, 0.25) is 0 Å². The Balaban J connectivity index is 2.83. The Kier molecular flexibility index (Phi) is 4.64. The first kappa shape index (κ1) is 15.0. The Morgan fingerprint density at radius 3 is 2.24 bits per heavy atom. The molecular formula is C13H20Br2N2. The van der Waals surface area contributed by atoms with Gasteiger partial charge in [-0.15, -0.1) is 0 Å². The zero-order chi connectivity index (χ0) is 13.3. The summed E-state index contributed by atoms with van der Waals surface area (Å²) < 4.78 is 1.96. The van der Waals surface area contributed by atoms with Gasteiger partial charge in [0.25, 0.3) is 0 Å². The van der Waals surface area contributed by atoms with Crippen molar-refractivity contribution < 1.29 is 0 Å². The summed E-state index contributed by atoms with van der Waals surface area (Å²) in [6, 6.07) is 2.00. The summed E-state index contributed by atoms with van der Waals surface area (Å²) in [5.41, 5.74) is 0.305. The summed E-state index contributed by atoms with van der Waals surface area (Å²) >= 11 is 6.93. The van der Waals surface area contributed by atoms with Gasteiger partial charge in [-0.3, -0.25) is 0 Å². The number of rotatable bonds is 3. The molecule has 0 amide bonds. The van der Waals surface area contributed by atoms with E-state index in [2.05, 4.69) is 76.8 Å². The zero-order valence-corrected chi connectivity index (χ0v) is 14.2. The van der Waals surface area contributed by atoms with Crippen molar-refractivity contribution in [3.05, 3.63) is 21.2 Å². The number of aromatic nitrogens is 1. The first-order chi connectivity index (χ1) is 7.59. The quantitative estimate of drug-likeness (QED) is 0.794. The molecule has 0 unspecified atom stereocenters. The lowest BCUT2D eigenvalue weighted by molar-refractivity contribution is 0.302. The molecule has 1 aromatic heterocycles. The first-order valence-electron chi connectivity index (χ1n) is 5.68. The second kappa shape index (κ2) is 5.27. The van der Waals surface area contributed by atoms with E-state index in [9.17, 15) is 0 Å². The Morgan fingerprint density at radius 1 is 1.18 bits per heavy atom. The molecule has 1 aromatic rings. The average molecular weight is 364 g/mol. The van der Waals surface area contributed by atoms with Gasteiger partial charge in [0, 0.05) is 16.2 Å². The minimum absolute atomic E-state index is 0.0155. The Morgan fingerprint density at radius 2 is 1.76 bits per heavy atom. The third kappa shape index (κ3) is 5.38. The lowest BCUT2D eigenvalue weighted by Crippen LogP contribution is -2.35. The van der Waals surface area contributed by atoms with E-state index in [-0.39, 0.29) is 5.54 Å². The predicted molar refractivity (Wildman–Crippen MR) is 81.4 cm³/mol. The smallest absolute Gasteiger partial charge is 0.140 e. The lowest BCUT2D eigenvalue weighted by Gasteiger charge is -2.34. The van der Waals surface area contributed by atoms with Gasteiger partial charge < -0.3 is 5.32 Å². The highest BCUT2D eigenvalue weighted by Crippen LogP contribution is 2.32. The molecule has 0 aliphatic carbocycles. The molecule has 0 bridgehead atoms. The molecule has 0 atom stereocenters. The maximum atomic E-state index is 4.39. The number of hydrogen-bond donors (Lipinski definition) is 1. The fraction of sp³-hybridized carbons (Fsp3) is 0.615. The van der Waals surface area contributed by atoms with Gasteiger partial charge >= 0.3 is 0 Å². The van der Waals surface area contributed by atoms with Gasteiger partial charge in [-0.25, -0.2) is 4.98 Å². The van der Waals surface area contributed by atoms with E-state index in [0.717, 1.165) is 21.2 Å². The second-order valence-electron chi connectivity index (χ2n) is 6.23. The highest BCUT2D eigenvalue weighted by atomic mass is 79.9. The number of pyridine rings is 1. The van der Waals surface area contributed by atoms with Gasteiger partial charge in [0.05, 0.1) is 4.47 Å². The molecule has 4 heteroatoms.